The number of carboxylic acid groups (broad SMARTS) is 1. The lowest BCUT2D eigenvalue weighted by atomic mass is 9.63. The highest BCUT2D eigenvalue weighted by Crippen LogP contribution is 2.47. The van der Waals surface area contributed by atoms with Gasteiger partial charge in [-0.3, -0.25) is 15.1 Å². The first-order chi connectivity index (χ1) is 18.4. The molecule has 1 atom stereocenters. The molecule has 0 fully saturated rings. The van der Waals surface area contributed by atoms with Crippen LogP contribution in [-0.4, -0.2) is 34.3 Å². The second-order valence-corrected chi connectivity index (χ2v) is 11.9. The van der Waals surface area contributed by atoms with Crippen LogP contribution in [0.3, 0.4) is 0 Å². The number of rotatable bonds is 11. The zero-order valence-corrected chi connectivity index (χ0v) is 24.0. The number of fused-ring (bicyclic) bond motifs is 1. The summed E-state index contributed by atoms with van der Waals surface area (Å²) in [6.45, 7) is 11.0. The third-order valence-corrected chi connectivity index (χ3v) is 7.92. The second-order valence-electron chi connectivity index (χ2n) is 11.9. The van der Waals surface area contributed by atoms with E-state index in [0.717, 1.165) is 44.1 Å². The van der Waals surface area contributed by atoms with Crippen LogP contribution < -0.4 is 4.90 Å². The summed E-state index contributed by atoms with van der Waals surface area (Å²) >= 11 is 0. The van der Waals surface area contributed by atoms with Crippen LogP contribution in [0, 0.1) is 5.41 Å². The van der Waals surface area contributed by atoms with E-state index in [2.05, 4.69) is 40.7 Å². The van der Waals surface area contributed by atoms with Crippen molar-refractivity contribution in [3.05, 3.63) is 59.2 Å². The van der Waals surface area contributed by atoms with Gasteiger partial charge in [0.05, 0.1) is 5.56 Å². The molecule has 2 aromatic carbocycles. The number of amides is 1. The Bertz CT molecular complexity index is 1170. The van der Waals surface area contributed by atoms with Crippen molar-refractivity contribution in [3.63, 3.8) is 0 Å². The SMILES string of the molecule is CCCCCCCCC(O)OC(=N)C(=O)N(c1ccc(C(=O)O)cc1)c1ccc2c(c1)C(C)(C)CCC2(C)C. The van der Waals surface area contributed by atoms with Gasteiger partial charge < -0.3 is 14.9 Å². The standard InChI is InChI=1S/C32H44N2O5/c1-6-7-8-9-10-11-12-27(35)39-28(33)29(36)34(23-15-13-22(14-16-23)30(37)38)24-17-18-25-26(21-24)32(4,5)20-19-31(25,2)3/h13-18,21,27,33,35H,6-12,19-20H2,1-5H3,(H,37,38). The maximum atomic E-state index is 13.7. The Morgan fingerprint density at radius 2 is 1.46 bits per heavy atom. The highest BCUT2D eigenvalue weighted by Gasteiger charge is 2.38. The molecule has 39 heavy (non-hydrogen) atoms. The molecule has 0 spiro atoms. The molecule has 212 valence electrons. The maximum absolute atomic E-state index is 13.7. The number of ether oxygens (including phenoxy) is 1. The fourth-order valence-corrected chi connectivity index (χ4v) is 5.30. The molecule has 1 aliphatic carbocycles. The van der Waals surface area contributed by atoms with E-state index >= 15 is 0 Å². The predicted molar refractivity (Wildman–Crippen MR) is 155 cm³/mol. The van der Waals surface area contributed by atoms with Gasteiger partial charge in [-0.15, -0.1) is 0 Å². The lowest BCUT2D eigenvalue weighted by Gasteiger charge is -2.42. The average Bonchev–Trinajstić information content (AvgIpc) is 2.89. The van der Waals surface area contributed by atoms with E-state index in [0.29, 0.717) is 17.8 Å². The van der Waals surface area contributed by atoms with Crippen LogP contribution in [0.2, 0.25) is 0 Å². The van der Waals surface area contributed by atoms with Gasteiger partial charge in [-0.25, -0.2) is 4.79 Å². The molecule has 0 heterocycles. The summed E-state index contributed by atoms with van der Waals surface area (Å²) in [6, 6.07) is 11.9. The highest BCUT2D eigenvalue weighted by atomic mass is 16.6. The van der Waals surface area contributed by atoms with E-state index < -0.39 is 24.1 Å². The summed E-state index contributed by atoms with van der Waals surface area (Å²) in [4.78, 5) is 26.4. The Hall–Kier alpha value is -3.19. The van der Waals surface area contributed by atoms with Crippen molar-refractivity contribution in [2.75, 3.05) is 4.90 Å². The number of carbonyl (C=O) groups excluding carboxylic acids is 1. The molecule has 0 bridgehead atoms. The van der Waals surface area contributed by atoms with Crippen molar-refractivity contribution in [1.82, 2.24) is 0 Å². The van der Waals surface area contributed by atoms with Gasteiger partial charge in [0.15, 0.2) is 6.29 Å². The third kappa shape index (κ3) is 7.47. The number of benzene rings is 2. The minimum absolute atomic E-state index is 0.00216. The minimum Gasteiger partial charge on any atom is -0.478 e. The van der Waals surface area contributed by atoms with Crippen molar-refractivity contribution >= 4 is 29.1 Å². The highest BCUT2D eigenvalue weighted by molar-refractivity contribution is 6.41. The Morgan fingerprint density at radius 3 is 2.08 bits per heavy atom. The van der Waals surface area contributed by atoms with Crippen molar-refractivity contribution in [2.24, 2.45) is 0 Å². The van der Waals surface area contributed by atoms with E-state index in [-0.39, 0.29) is 16.4 Å². The van der Waals surface area contributed by atoms with Crippen molar-refractivity contribution in [3.8, 4) is 0 Å². The molecule has 1 aliphatic rings. The largest absolute Gasteiger partial charge is 0.478 e. The van der Waals surface area contributed by atoms with Crippen molar-refractivity contribution < 1.29 is 24.5 Å². The van der Waals surface area contributed by atoms with Gasteiger partial charge in [0.1, 0.15) is 0 Å². The van der Waals surface area contributed by atoms with E-state index in [1.165, 1.54) is 35.4 Å². The van der Waals surface area contributed by atoms with Crippen molar-refractivity contribution in [2.45, 2.75) is 110 Å². The maximum Gasteiger partial charge on any atom is 0.335 e. The average molecular weight is 537 g/mol. The number of hydrogen-bond acceptors (Lipinski definition) is 5. The molecule has 3 rings (SSSR count). The van der Waals surface area contributed by atoms with Gasteiger partial charge in [0, 0.05) is 17.8 Å². The monoisotopic (exact) mass is 536 g/mol. The van der Waals surface area contributed by atoms with E-state index in [9.17, 15) is 19.8 Å². The first-order valence-electron chi connectivity index (χ1n) is 14.1. The molecule has 1 unspecified atom stereocenters. The van der Waals surface area contributed by atoms with Gasteiger partial charge in [0.25, 0.3) is 5.90 Å². The number of hydrogen-bond donors (Lipinski definition) is 3. The molecular weight excluding hydrogens is 492 g/mol. The first-order valence-corrected chi connectivity index (χ1v) is 14.1. The normalized spacial score (nSPS) is 16.2. The third-order valence-electron chi connectivity index (χ3n) is 7.92. The molecule has 2 aromatic rings. The van der Waals surface area contributed by atoms with Crippen molar-refractivity contribution in [1.29, 1.82) is 5.41 Å². The van der Waals surface area contributed by atoms with Gasteiger partial charge >= 0.3 is 11.9 Å². The Kier molecular flexibility index (Phi) is 9.94. The minimum atomic E-state index is -1.24. The summed E-state index contributed by atoms with van der Waals surface area (Å²) in [5.41, 5.74) is 3.35. The lowest BCUT2D eigenvalue weighted by Crippen LogP contribution is -2.37. The molecule has 7 heteroatoms. The molecule has 0 aliphatic heterocycles. The fraction of sp³-hybridized carbons (Fsp3) is 0.531. The number of unbranched alkanes of at least 4 members (excludes halogenated alkanes) is 5. The summed E-state index contributed by atoms with van der Waals surface area (Å²) in [5.74, 6) is -2.45. The number of aliphatic hydroxyl groups is 1. The number of aromatic carboxylic acids is 1. The summed E-state index contributed by atoms with van der Waals surface area (Å²) in [5, 5.41) is 28.1. The van der Waals surface area contributed by atoms with Gasteiger partial charge in [-0.05, 0) is 77.6 Å². The summed E-state index contributed by atoms with van der Waals surface area (Å²) < 4.78 is 5.37. The van der Waals surface area contributed by atoms with E-state index in [4.69, 9.17) is 10.1 Å². The molecule has 0 saturated heterocycles. The van der Waals surface area contributed by atoms with Crippen LogP contribution in [0.25, 0.3) is 0 Å². The number of nitrogens with zero attached hydrogens (tertiary/aromatic N) is 1. The molecule has 3 N–H and O–H groups in total. The quantitative estimate of drug-likeness (QED) is 0.119. The predicted octanol–water partition coefficient (Wildman–Crippen LogP) is 7.46. The number of carbonyl (C=O) groups is 2. The topological polar surface area (TPSA) is 111 Å². The zero-order valence-electron chi connectivity index (χ0n) is 24.0. The molecule has 0 saturated carbocycles. The number of aliphatic hydroxyl groups excluding tert-OH is 1. The molecule has 0 radical (unpaired) electrons. The molecular formula is C32H44N2O5. The van der Waals surface area contributed by atoms with Crippen LogP contribution >= 0.6 is 0 Å². The van der Waals surface area contributed by atoms with Crippen LogP contribution in [0.4, 0.5) is 11.4 Å². The Balaban J connectivity index is 1.88. The lowest BCUT2D eigenvalue weighted by molar-refractivity contribution is -0.116. The number of carboxylic acids is 1. The van der Waals surface area contributed by atoms with Gasteiger partial charge in [0.2, 0.25) is 0 Å². The second kappa shape index (κ2) is 12.8. The van der Waals surface area contributed by atoms with Gasteiger partial charge in [-0.1, -0.05) is 72.8 Å². The fourth-order valence-electron chi connectivity index (χ4n) is 5.30. The summed E-state index contributed by atoms with van der Waals surface area (Å²) in [6.07, 6.45) is 7.48. The molecule has 0 aromatic heterocycles. The smallest absolute Gasteiger partial charge is 0.335 e. The van der Waals surface area contributed by atoms with Crippen LogP contribution in [0.5, 0.6) is 0 Å². The van der Waals surface area contributed by atoms with Crippen LogP contribution in [0.15, 0.2) is 42.5 Å². The zero-order chi connectivity index (χ0) is 28.8. The number of nitrogens with one attached hydrogen (secondary N) is 1. The van der Waals surface area contributed by atoms with E-state index in [1.54, 1.807) is 12.1 Å². The van der Waals surface area contributed by atoms with E-state index in [1.807, 2.05) is 12.1 Å². The van der Waals surface area contributed by atoms with Gasteiger partial charge in [-0.2, -0.15) is 0 Å². The Labute approximate surface area is 232 Å². The van der Waals surface area contributed by atoms with Crippen LogP contribution in [0.1, 0.15) is 114 Å². The number of anilines is 2. The molecule has 7 nitrogen and oxygen atoms in total. The Morgan fingerprint density at radius 1 is 0.897 bits per heavy atom. The summed E-state index contributed by atoms with van der Waals surface area (Å²) in [7, 11) is 0. The molecule has 1 amide bonds. The first kappa shape index (κ1) is 30.4. The van der Waals surface area contributed by atoms with Crippen LogP contribution in [-0.2, 0) is 20.4 Å².